The minimum Gasteiger partial charge on any atom is -0.309 e. The van der Waals surface area contributed by atoms with Crippen LogP contribution in [0.15, 0.2) is 24.3 Å². The predicted octanol–water partition coefficient (Wildman–Crippen LogP) is 4.21. The molecule has 0 saturated carbocycles. The highest BCUT2D eigenvalue weighted by atomic mass is 16.2. The summed E-state index contributed by atoms with van der Waals surface area (Å²) in [6.45, 7) is 14.2. The van der Waals surface area contributed by atoms with Crippen LogP contribution >= 0.6 is 0 Å². The Labute approximate surface area is 162 Å². The van der Waals surface area contributed by atoms with Gasteiger partial charge in [-0.15, -0.1) is 0 Å². The summed E-state index contributed by atoms with van der Waals surface area (Å²) >= 11 is 0. The Kier molecular flexibility index (Phi) is 5.43. The van der Waals surface area contributed by atoms with Crippen LogP contribution in [0.1, 0.15) is 57.4 Å². The maximum atomic E-state index is 12.7. The van der Waals surface area contributed by atoms with E-state index < -0.39 is 0 Å². The highest BCUT2D eigenvalue weighted by Crippen LogP contribution is 2.28. The molecule has 5 heteroatoms. The molecule has 1 saturated heterocycles. The zero-order valence-corrected chi connectivity index (χ0v) is 17.5. The monoisotopic (exact) mass is 368 g/mol. The Bertz CT molecular complexity index is 831. The first-order valence-corrected chi connectivity index (χ1v) is 9.87. The lowest BCUT2D eigenvalue weighted by Gasteiger charge is -2.20. The first kappa shape index (κ1) is 19.6. The normalized spacial score (nSPS) is 18.1. The highest BCUT2D eigenvalue weighted by Gasteiger charge is 2.25. The van der Waals surface area contributed by atoms with E-state index in [9.17, 15) is 4.79 Å². The molecule has 0 aliphatic carbocycles. The summed E-state index contributed by atoms with van der Waals surface area (Å²) < 4.78 is 1.88. The quantitative estimate of drug-likeness (QED) is 0.879. The first-order valence-electron chi connectivity index (χ1n) is 9.87. The predicted molar refractivity (Wildman–Crippen MR) is 111 cm³/mol. The molecule has 2 heterocycles. The fourth-order valence-electron chi connectivity index (χ4n) is 3.66. The van der Waals surface area contributed by atoms with Gasteiger partial charge < -0.3 is 5.32 Å². The SMILES string of the molecule is Cc1ccc(-n2nc(C(C)(C)C)cc2NC(=O)CN2CCCC2C)c(C)c1. The fourth-order valence-corrected chi connectivity index (χ4v) is 3.66. The molecule has 1 N–H and O–H groups in total. The van der Waals surface area contributed by atoms with Crippen molar-refractivity contribution in [2.75, 3.05) is 18.4 Å². The molecule has 2 aromatic rings. The molecule has 146 valence electrons. The van der Waals surface area contributed by atoms with Gasteiger partial charge in [-0.05, 0) is 51.8 Å². The number of carbonyl (C=O) groups is 1. The van der Waals surface area contributed by atoms with E-state index in [1.54, 1.807) is 0 Å². The van der Waals surface area contributed by atoms with Crippen molar-refractivity contribution in [1.29, 1.82) is 0 Å². The molecule has 27 heavy (non-hydrogen) atoms. The van der Waals surface area contributed by atoms with Crippen LogP contribution in [0.5, 0.6) is 0 Å². The Balaban J connectivity index is 1.91. The van der Waals surface area contributed by atoms with Crippen molar-refractivity contribution in [1.82, 2.24) is 14.7 Å². The Morgan fingerprint density at radius 2 is 2.00 bits per heavy atom. The van der Waals surface area contributed by atoms with E-state index >= 15 is 0 Å². The molecule has 1 aliphatic heterocycles. The molecule has 0 bridgehead atoms. The lowest BCUT2D eigenvalue weighted by atomic mass is 9.92. The molecule has 1 unspecified atom stereocenters. The summed E-state index contributed by atoms with van der Waals surface area (Å²) in [6.07, 6.45) is 2.34. The smallest absolute Gasteiger partial charge is 0.239 e. The van der Waals surface area contributed by atoms with Crippen LogP contribution < -0.4 is 5.32 Å². The topological polar surface area (TPSA) is 50.2 Å². The second-order valence-corrected chi connectivity index (χ2v) is 8.88. The molecule has 0 radical (unpaired) electrons. The number of nitrogens with zero attached hydrogens (tertiary/aromatic N) is 3. The lowest BCUT2D eigenvalue weighted by molar-refractivity contribution is -0.117. The minimum atomic E-state index is -0.0905. The van der Waals surface area contributed by atoms with Crippen molar-refractivity contribution in [3.8, 4) is 5.69 Å². The van der Waals surface area contributed by atoms with Gasteiger partial charge in [-0.2, -0.15) is 5.10 Å². The number of hydrogen-bond donors (Lipinski definition) is 1. The van der Waals surface area contributed by atoms with Gasteiger partial charge in [0.25, 0.3) is 0 Å². The molecule has 1 aliphatic rings. The van der Waals surface area contributed by atoms with E-state index in [2.05, 4.69) is 70.0 Å². The summed E-state index contributed by atoms with van der Waals surface area (Å²) in [7, 11) is 0. The van der Waals surface area contributed by atoms with Crippen molar-refractivity contribution in [2.24, 2.45) is 0 Å². The van der Waals surface area contributed by atoms with Gasteiger partial charge >= 0.3 is 0 Å². The number of aromatic nitrogens is 2. The van der Waals surface area contributed by atoms with Crippen molar-refractivity contribution in [3.05, 3.63) is 41.1 Å². The third-order valence-corrected chi connectivity index (χ3v) is 5.36. The number of nitrogens with one attached hydrogen (secondary N) is 1. The summed E-state index contributed by atoms with van der Waals surface area (Å²) in [6, 6.07) is 8.78. The number of likely N-dealkylation sites (tertiary alicyclic amines) is 1. The van der Waals surface area contributed by atoms with Crippen molar-refractivity contribution >= 4 is 11.7 Å². The van der Waals surface area contributed by atoms with Crippen LogP contribution in [-0.4, -0.2) is 39.7 Å². The van der Waals surface area contributed by atoms with E-state index in [1.807, 2.05) is 10.7 Å². The molecule has 1 amide bonds. The van der Waals surface area contributed by atoms with Gasteiger partial charge in [0.15, 0.2) is 0 Å². The van der Waals surface area contributed by atoms with E-state index in [1.165, 1.54) is 18.4 Å². The van der Waals surface area contributed by atoms with Crippen LogP contribution in [0.25, 0.3) is 5.69 Å². The van der Waals surface area contributed by atoms with Crippen molar-refractivity contribution < 1.29 is 4.79 Å². The first-order chi connectivity index (χ1) is 12.6. The van der Waals surface area contributed by atoms with Gasteiger partial charge in [0.1, 0.15) is 5.82 Å². The number of aryl methyl sites for hydroxylation is 2. The van der Waals surface area contributed by atoms with E-state index in [-0.39, 0.29) is 11.3 Å². The lowest BCUT2D eigenvalue weighted by Crippen LogP contribution is -2.35. The molecule has 1 fully saturated rings. The third-order valence-electron chi connectivity index (χ3n) is 5.36. The molecule has 1 aromatic carbocycles. The molecule has 0 spiro atoms. The Morgan fingerprint density at radius 3 is 2.59 bits per heavy atom. The molecule has 3 rings (SSSR count). The van der Waals surface area contributed by atoms with Crippen LogP contribution in [0.3, 0.4) is 0 Å². The summed E-state index contributed by atoms with van der Waals surface area (Å²) in [5, 5.41) is 7.94. The Hall–Kier alpha value is -2.14. The Morgan fingerprint density at radius 1 is 1.26 bits per heavy atom. The molecule has 1 aromatic heterocycles. The average molecular weight is 369 g/mol. The maximum absolute atomic E-state index is 12.7. The zero-order chi connectivity index (χ0) is 19.8. The van der Waals surface area contributed by atoms with Gasteiger partial charge in [-0.1, -0.05) is 38.5 Å². The maximum Gasteiger partial charge on any atom is 0.239 e. The zero-order valence-electron chi connectivity index (χ0n) is 17.5. The van der Waals surface area contributed by atoms with Crippen LogP contribution in [-0.2, 0) is 10.2 Å². The standard InChI is InChI=1S/C22H32N4O/c1-15-9-10-18(16(2)12-15)26-20(13-19(24-26)22(4,5)6)23-21(27)14-25-11-7-8-17(25)3/h9-10,12-13,17H,7-8,11,14H2,1-6H3,(H,23,27). The van der Waals surface area contributed by atoms with Gasteiger partial charge in [-0.25, -0.2) is 4.68 Å². The number of rotatable bonds is 4. The summed E-state index contributed by atoms with van der Waals surface area (Å²) in [5.41, 5.74) is 4.23. The van der Waals surface area contributed by atoms with Crippen LogP contribution in [0.2, 0.25) is 0 Å². The fraction of sp³-hybridized carbons (Fsp3) is 0.545. The van der Waals surface area contributed by atoms with Crippen LogP contribution in [0, 0.1) is 13.8 Å². The minimum absolute atomic E-state index is 0.0233. The number of amides is 1. The summed E-state index contributed by atoms with van der Waals surface area (Å²) in [5.74, 6) is 0.763. The number of carbonyl (C=O) groups excluding carboxylic acids is 1. The van der Waals surface area contributed by atoms with E-state index in [0.717, 1.165) is 29.3 Å². The number of hydrogen-bond acceptors (Lipinski definition) is 3. The van der Waals surface area contributed by atoms with Crippen LogP contribution in [0.4, 0.5) is 5.82 Å². The molecular weight excluding hydrogens is 336 g/mol. The molecule has 1 atom stereocenters. The second kappa shape index (κ2) is 7.47. The second-order valence-electron chi connectivity index (χ2n) is 8.88. The third kappa shape index (κ3) is 4.41. The van der Waals surface area contributed by atoms with E-state index in [0.29, 0.717) is 12.6 Å². The number of benzene rings is 1. The van der Waals surface area contributed by atoms with Crippen molar-refractivity contribution in [3.63, 3.8) is 0 Å². The molecule has 5 nitrogen and oxygen atoms in total. The molecular formula is C22H32N4O. The van der Waals surface area contributed by atoms with Gasteiger partial charge in [0.05, 0.1) is 17.9 Å². The number of anilines is 1. The van der Waals surface area contributed by atoms with Crippen molar-refractivity contribution in [2.45, 2.75) is 65.8 Å². The van der Waals surface area contributed by atoms with Gasteiger partial charge in [0, 0.05) is 17.5 Å². The van der Waals surface area contributed by atoms with Gasteiger partial charge in [-0.3, -0.25) is 9.69 Å². The average Bonchev–Trinajstić information content (AvgIpc) is 3.14. The highest BCUT2D eigenvalue weighted by molar-refractivity contribution is 5.92. The summed E-state index contributed by atoms with van der Waals surface area (Å²) in [4.78, 5) is 14.9. The van der Waals surface area contributed by atoms with E-state index in [4.69, 9.17) is 5.10 Å². The van der Waals surface area contributed by atoms with Gasteiger partial charge in [0.2, 0.25) is 5.91 Å². The largest absolute Gasteiger partial charge is 0.309 e.